The summed E-state index contributed by atoms with van der Waals surface area (Å²) in [6.07, 6.45) is -0.658. The van der Waals surface area contributed by atoms with Crippen molar-refractivity contribution in [2.24, 2.45) is 0 Å². The Kier molecular flexibility index (Phi) is 4.94. The fraction of sp³-hybridized carbons (Fsp3) is 0.538. The summed E-state index contributed by atoms with van der Waals surface area (Å²) in [6.45, 7) is 7.02. The predicted molar refractivity (Wildman–Crippen MR) is 74.7 cm³/mol. The van der Waals surface area contributed by atoms with Crippen LogP contribution in [0.15, 0.2) is 16.8 Å². The molecule has 0 saturated heterocycles. The van der Waals surface area contributed by atoms with Gasteiger partial charge in [0.15, 0.2) is 0 Å². The largest absolute Gasteiger partial charge is 0.481 e. The van der Waals surface area contributed by atoms with Crippen LogP contribution in [0, 0.1) is 0 Å². The van der Waals surface area contributed by atoms with Gasteiger partial charge in [-0.2, -0.15) is 11.3 Å². The average Bonchev–Trinajstić information content (AvgIpc) is 2.66. The van der Waals surface area contributed by atoms with Crippen LogP contribution in [0.5, 0.6) is 0 Å². The van der Waals surface area contributed by atoms with Gasteiger partial charge in [-0.05, 0) is 39.1 Å². The fourth-order valence-electron chi connectivity index (χ4n) is 1.59. The second-order valence-electron chi connectivity index (χ2n) is 5.28. The Labute approximate surface area is 116 Å². The summed E-state index contributed by atoms with van der Waals surface area (Å²) in [5.41, 5.74) is 0.0434. The number of amides is 1. The van der Waals surface area contributed by atoms with Crippen molar-refractivity contribution in [1.82, 2.24) is 0 Å². The number of carbonyl (C=O) groups excluding carboxylic acids is 1. The van der Waals surface area contributed by atoms with Crippen molar-refractivity contribution in [2.45, 2.75) is 45.8 Å². The number of carbonyl (C=O) groups is 2. The third-order valence-electron chi connectivity index (χ3n) is 2.29. The molecular weight excluding hydrogens is 266 g/mol. The molecule has 1 atom stereocenters. The first-order valence-corrected chi connectivity index (χ1v) is 6.91. The molecule has 0 unspecified atom stereocenters. The van der Waals surface area contributed by atoms with Crippen LogP contribution in [0.3, 0.4) is 0 Å². The summed E-state index contributed by atoms with van der Waals surface area (Å²) < 4.78 is 5.33. The molecule has 0 aromatic carbocycles. The maximum atomic E-state index is 12.2. The number of carboxylic acids is 1. The molecule has 1 heterocycles. The molecule has 0 aliphatic heterocycles. The number of aliphatic carboxylic acids is 1. The van der Waals surface area contributed by atoms with Crippen LogP contribution in [-0.2, 0) is 9.53 Å². The molecule has 0 spiro atoms. The normalized spacial score (nSPS) is 12.8. The van der Waals surface area contributed by atoms with E-state index in [4.69, 9.17) is 9.84 Å². The van der Waals surface area contributed by atoms with Gasteiger partial charge in [0.25, 0.3) is 0 Å². The number of anilines is 1. The van der Waals surface area contributed by atoms with Gasteiger partial charge in [0.2, 0.25) is 0 Å². The Balaban J connectivity index is 2.93. The molecule has 19 heavy (non-hydrogen) atoms. The molecule has 6 heteroatoms. The van der Waals surface area contributed by atoms with Crippen molar-refractivity contribution in [2.75, 3.05) is 4.90 Å². The van der Waals surface area contributed by atoms with Crippen LogP contribution in [0.2, 0.25) is 0 Å². The average molecular weight is 285 g/mol. The highest BCUT2D eigenvalue weighted by atomic mass is 32.1. The molecule has 0 saturated carbocycles. The van der Waals surface area contributed by atoms with E-state index in [1.165, 1.54) is 16.2 Å². The summed E-state index contributed by atoms with van der Waals surface area (Å²) in [6, 6.07) is 1.30. The van der Waals surface area contributed by atoms with Crippen LogP contribution < -0.4 is 4.90 Å². The van der Waals surface area contributed by atoms with Gasteiger partial charge in [0, 0.05) is 11.4 Å². The van der Waals surface area contributed by atoms with E-state index in [0.29, 0.717) is 5.69 Å². The van der Waals surface area contributed by atoms with Crippen molar-refractivity contribution >= 4 is 29.1 Å². The van der Waals surface area contributed by atoms with Crippen LogP contribution in [0.1, 0.15) is 34.1 Å². The van der Waals surface area contributed by atoms with E-state index in [-0.39, 0.29) is 6.42 Å². The highest BCUT2D eigenvalue weighted by Gasteiger charge is 2.28. The number of ether oxygens (including phenoxy) is 1. The SMILES string of the molecule is C[C@@H](CC(=O)O)N(C(=O)OC(C)(C)C)c1ccsc1. The van der Waals surface area contributed by atoms with E-state index in [1.807, 2.05) is 5.38 Å². The standard InChI is InChI=1S/C13H19NO4S/c1-9(7-11(15)16)14(10-5-6-19-8-10)12(17)18-13(2,3)4/h5-6,8-9H,7H2,1-4H3,(H,15,16)/t9-/m0/s1. The number of thiophene rings is 1. The first-order valence-electron chi connectivity index (χ1n) is 5.97. The van der Waals surface area contributed by atoms with E-state index in [0.717, 1.165) is 0 Å². The summed E-state index contributed by atoms with van der Waals surface area (Å²) in [7, 11) is 0. The lowest BCUT2D eigenvalue weighted by Gasteiger charge is -2.30. The number of nitrogens with zero attached hydrogens (tertiary/aromatic N) is 1. The molecule has 106 valence electrons. The third kappa shape index (κ3) is 4.90. The summed E-state index contributed by atoms with van der Waals surface area (Å²) in [5.74, 6) is -0.948. The fourth-order valence-corrected chi connectivity index (χ4v) is 2.22. The molecule has 0 radical (unpaired) electrons. The van der Waals surface area contributed by atoms with Gasteiger partial charge in [-0.25, -0.2) is 4.79 Å². The number of hydrogen-bond donors (Lipinski definition) is 1. The smallest absolute Gasteiger partial charge is 0.415 e. The zero-order valence-corrected chi connectivity index (χ0v) is 12.4. The molecule has 1 aromatic heterocycles. The quantitative estimate of drug-likeness (QED) is 0.921. The Morgan fingerprint density at radius 1 is 1.47 bits per heavy atom. The topological polar surface area (TPSA) is 66.8 Å². The minimum Gasteiger partial charge on any atom is -0.481 e. The Bertz CT molecular complexity index is 436. The maximum Gasteiger partial charge on any atom is 0.415 e. The predicted octanol–water partition coefficient (Wildman–Crippen LogP) is 3.35. The molecular formula is C13H19NO4S. The Hall–Kier alpha value is -1.56. The van der Waals surface area contributed by atoms with Crippen molar-refractivity contribution in [3.8, 4) is 0 Å². The number of rotatable bonds is 4. The number of hydrogen-bond acceptors (Lipinski definition) is 4. The molecule has 0 bridgehead atoms. The van der Waals surface area contributed by atoms with E-state index >= 15 is 0 Å². The van der Waals surface area contributed by atoms with Gasteiger partial charge >= 0.3 is 12.1 Å². The van der Waals surface area contributed by atoms with E-state index in [2.05, 4.69) is 0 Å². The van der Waals surface area contributed by atoms with Gasteiger partial charge in [0.1, 0.15) is 5.60 Å². The highest BCUT2D eigenvalue weighted by molar-refractivity contribution is 7.08. The summed E-state index contributed by atoms with van der Waals surface area (Å²) in [4.78, 5) is 24.4. The van der Waals surface area contributed by atoms with Crippen LogP contribution in [0.4, 0.5) is 10.5 Å². The summed E-state index contributed by atoms with van der Waals surface area (Å²) in [5, 5.41) is 12.5. The summed E-state index contributed by atoms with van der Waals surface area (Å²) >= 11 is 1.44. The lowest BCUT2D eigenvalue weighted by Crippen LogP contribution is -2.43. The van der Waals surface area contributed by atoms with Gasteiger partial charge in [-0.15, -0.1) is 0 Å². The molecule has 1 amide bonds. The first-order chi connectivity index (χ1) is 8.70. The zero-order valence-electron chi connectivity index (χ0n) is 11.5. The minimum absolute atomic E-state index is 0.130. The molecule has 0 aliphatic carbocycles. The molecule has 1 rings (SSSR count). The Morgan fingerprint density at radius 3 is 2.53 bits per heavy atom. The molecule has 5 nitrogen and oxygen atoms in total. The maximum absolute atomic E-state index is 12.2. The minimum atomic E-state index is -0.948. The van der Waals surface area contributed by atoms with Gasteiger partial charge in [-0.1, -0.05) is 0 Å². The molecule has 1 N–H and O–H groups in total. The van der Waals surface area contributed by atoms with E-state index in [9.17, 15) is 9.59 Å². The van der Waals surface area contributed by atoms with Crippen LogP contribution in [0.25, 0.3) is 0 Å². The monoisotopic (exact) mass is 285 g/mol. The number of carboxylic acid groups (broad SMARTS) is 1. The van der Waals surface area contributed by atoms with Crippen molar-refractivity contribution < 1.29 is 19.4 Å². The molecule has 0 aliphatic rings. The first kappa shape index (κ1) is 15.5. The Morgan fingerprint density at radius 2 is 2.11 bits per heavy atom. The lowest BCUT2D eigenvalue weighted by molar-refractivity contribution is -0.137. The van der Waals surface area contributed by atoms with Crippen molar-refractivity contribution in [3.63, 3.8) is 0 Å². The van der Waals surface area contributed by atoms with Gasteiger partial charge < -0.3 is 9.84 Å². The highest BCUT2D eigenvalue weighted by Crippen LogP contribution is 2.24. The van der Waals surface area contributed by atoms with Crippen molar-refractivity contribution in [1.29, 1.82) is 0 Å². The third-order valence-corrected chi connectivity index (χ3v) is 2.96. The zero-order chi connectivity index (χ0) is 14.6. The van der Waals surface area contributed by atoms with Crippen LogP contribution in [-0.4, -0.2) is 28.8 Å². The molecule has 0 fully saturated rings. The van der Waals surface area contributed by atoms with E-state index < -0.39 is 23.7 Å². The molecule has 1 aromatic rings. The second kappa shape index (κ2) is 6.06. The van der Waals surface area contributed by atoms with Gasteiger partial charge in [0.05, 0.1) is 12.1 Å². The van der Waals surface area contributed by atoms with E-state index in [1.54, 1.807) is 39.1 Å². The van der Waals surface area contributed by atoms with Crippen LogP contribution >= 0.6 is 11.3 Å². The van der Waals surface area contributed by atoms with Crippen molar-refractivity contribution in [3.05, 3.63) is 16.8 Å². The lowest BCUT2D eigenvalue weighted by atomic mass is 10.2. The second-order valence-corrected chi connectivity index (χ2v) is 6.06. The van der Waals surface area contributed by atoms with Gasteiger partial charge in [-0.3, -0.25) is 9.69 Å².